The zero-order valence-corrected chi connectivity index (χ0v) is 15.3. The highest BCUT2D eigenvalue weighted by molar-refractivity contribution is 7.18. The van der Waals surface area contributed by atoms with Crippen molar-refractivity contribution in [1.82, 2.24) is 0 Å². The quantitative estimate of drug-likeness (QED) is 0.592. The lowest BCUT2D eigenvalue weighted by molar-refractivity contribution is -0.111. The molecule has 1 aromatic heterocycles. The summed E-state index contributed by atoms with van der Waals surface area (Å²) in [5.74, 6) is -0.0927. The highest BCUT2D eigenvalue weighted by atomic mass is 32.1. The zero-order valence-electron chi connectivity index (χ0n) is 14.4. The van der Waals surface area contributed by atoms with Gasteiger partial charge in [0, 0.05) is 6.08 Å². The van der Waals surface area contributed by atoms with Gasteiger partial charge in [-0.25, -0.2) is 4.79 Å². The Morgan fingerprint density at radius 2 is 2.04 bits per heavy atom. The summed E-state index contributed by atoms with van der Waals surface area (Å²) in [4.78, 5) is 24.3. The topological polar surface area (TPSA) is 88.4 Å². The molecule has 1 heterocycles. The van der Waals surface area contributed by atoms with Gasteiger partial charge >= 0.3 is 5.97 Å². The smallest absolute Gasteiger partial charge is 0.348 e. The summed E-state index contributed by atoms with van der Waals surface area (Å²) in [5, 5.41) is 11.8. The predicted molar refractivity (Wildman–Crippen MR) is 100 cm³/mol. The molecule has 0 aliphatic rings. The van der Waals surface area contributed by atoms with Crippen LogP contribution in [0.3, 0.4) is 0 Å². The lowest BCUT2D eigenvalue weighted by Crippen LogP contribution is -2.06. The van der Waals surface area contributed by atoms with Gasteiger partial charge in [-0.15, -0.1) is 11.3 Å². The van der Waals surface area contributed by atoms with Crippen LogP contribution < -0.4 is 10.1 Å². The number of anilines is 1. The van der Waals surface area contributed by atoms with Gasteiger partial charge in [0.05, 0.1) is 11.6 Å². The first-order chi connectivity index (χ1) is 12.5. The standard InChI is InChI=1S/C19H18N2O4S/c1-3-24-19(23)18-13(2)12-17(26-18)21-16(22)9-6-14-4-7-15(8-5-14)25-11-10-20/h4-9,12H,3,11H2,1-2H3,(H,21,22). The maximum absolute atomic E-state index is 12.0. The average molecular weight is 370 g/mol. The first-order valence-electron chi connectivity index (χ1n) is 7.90. The van der Waals surface area contributed by atoms with E-state index in [1.54, 1.807) is 50.3 Å². The summed E-state index contributed by atoms with van der Waals surface area (Å²) in [6, 6.07) is 10.7. The fourth-order valence-electron chi connectivity index (χ4n) is 2.07. The fraction of sp³-hybridized carbons (Fsp3) is 0.211. The highest BCUT2D eigenvalue weighted by Crippen LogP contribution is 2.27. The van der Waals surface area contributed by atoms with Crippen molar-refractivity contribution < 1.29 is 19.1 Å². The number of esters is 1. The molecule has 0 aliphatic carbocycles. The van der Waals surface area contributed by atoms with Gasteiger partial charge in [0.15, 0.2) is 6.61 Å². The lowest BCUT2D eigenvalue weighted by atomic mass is 10.2. The number of hydrogen-bond donors (Lipinski definition) is 1. The van der Waals surface area contributed by atoms with E-state index >= 15 is 0 Å². The highest BCUT2D eigenvalue weighted by Gasteiger charge is 2.15. The first-order valence-corrected chi connectivity index (χ1v) is 8.71. The third-order valence-corrected chi connectivity index (χ3v) is 4.37. The Labute approximate surface area is 155 Å². The molecule has 0 atom stereocenters. The van der Waals surface area contributed by atoms with Crippen molar-refractivity contribution in [3.63, 3.8) is 0 Å². The third-order valence-electron chi connectivity index (χ3n) is 3.24. The van der Waals surface area contributed by atoms with Crippen molar-refractivity contribution in [2.24, 2.45) is 0 Å². The van der Waals surface area contributed by atoms with E-state index in [4.69, 9.17) is 14.7 Å². The number of hydrogen-bond acceptors (Lipinski definition) is 6. The number of amides is 1. The molecule has 0 radical (unpaired) electrons. The molecule has 0 saturated carbocycles. The van der Waals surface area contributed by atoms with Gasteiger partial charge in [0.2, 0.25) is 5.91 Å². The summed E-state index contributed by atoms with van der Waals surface area (Å²) in [6.45, 7) is 3.84. The summed E-state index contributed by atoms with van der Waals surface area (Å²) >= 11 is 1.18. The second-order valence-electron chi connectivity index (χ2n) is 5.18. The second kappa shape index (κ2) is 9.39. The summed E-state index contributed by atoms with van der Waals surface area (Å²) in [6.07, 6.45) is 3.07. The molecule has 2 aromatic rings. The van der Waals surface area contributed by atoms with Crippen LogP contribution in [0.1, 0.15) is 27.7 Å². The Hall–Kier alpha value is -3.11. The largest absolute Gasteiger partial charge is 0.479 e. The van der Waals surface area contributed by atoms with Crippen molar-refractivity contribution in [3.8, 4) is 11.8 Å². The van der Waals surface area contributed by atoms with Gasteiger partial charge in [-0.3, -0.25) is 4.79 Å². The van der Waals surface area contributed by atoms with E-state index in [1.807, 2.05) is 6.07 Å². The Balaban J connectivity index is 1.96. The van der Waals surface area contributed by atoms with Crippen molar-refractivity contribution in [2.45, 2.75) is 13.8 Å². The number of rotatable bonds is 7. The minimum absolute atomic E-state index is 0.00832. The SMILES string of the molecule is CCOC(=O)c1sc(NC(=O)C=Cc2ccc(OCC#N)cc2)cc1C. The maximum atomic E-state index is 12.0. The van der Waals surface area contributed by atoms with Gasteiger partial charge in [-0.05, 0) is 49.2 Å². The average Bonchev–Trinajstić information content (AvgIpc) is 2.99. The molecule has 1 amide bonds. The Kier molecular flexibility index (Phi) is 6.94. The van der Waals surface area contributed by atoms with E-state index in [0.717, 1.165) is 11.1 Å². The molecule has 0 saturated heterocycles. The predicted octanol–water partition coefficient (Wildman–Crippen LogP) is 3.79. The van der Waals surface area contributed by atoms with Crippen LogP contribution >= 0.6 is 11.3 Å². The molecule has 0 spiro atoms. The molecule has 7 heteroatoms. The van der Waals surface area contributed by atoms with Crippen molar-refractivity contribution >= 4 is 34.3 Å². The zero-order chi connectivity index (χ0) is 18.9. The Bertz CT molecular complexity index is 847. The van der Waals surface area contributed by atoms with Gasteiger partial charge in [0.25, 0.3) is 0 Å². The lowest BCUT2D eigenvalue weighted by Gasteiger charge is -2.01. The van der Waals surface area contributed by atoms with Crippen LogP contribution in [0.5, 0.6) is 5.75 Å². The van der Waals surface area contributed by atoms with Crippen molar-refractivity contribution in [2.75, 3.05) is 18.5 Å². The number of carbonyl (C=O) groups excluding carboxylic acids is 2. The van der Waals surface area contributed by atoms with Gasteiger partial charge < -0.3 is 14.8 Å². The fourth-order valence-corrected chi connectivity index (χ4v) is 3.04. The van der Waals surface area contributed by atoms with Crippen LogP contribution in [0.15, 0.2) is 36.4 Å². The number of thiophene rings is 1. The summed E-state index contributed by atoms with van der Waals surface area (Å²) < 4.78 is 10.1. The Morgan fingerprint density at radius 3 is 2.69 bits per heavy atom. The molecule has 6 nitrogen and oxygen atoms in total. The first kappa shape index (κ1) is 19.2. The van der Waals surface area contributed by atoms with Crippen LogP contribution in [0.4, 0.5) is 5.00 Å². The summed E-state index contributed by atoms with van der Waals surface area (Å²) in [5.41, 5.74) is 1.58. The van der Waals surface area contributed by atoms with Crippen LogP contribution in [0.25, 0.3) is 6.08 Å². The van der Waals surface area contributed by atoms with E-state index in [2.05, 4.69) is 5.32 Å². The number of nitrogens with zero attached hydrogens (tertiary/aromatic N) is 1. The number of nitrogens with one attached hydrogen (secondary N) is 1. The minimum Gasteiger partial charge on any atom is -0.479 e. The minimum atomic E-state index is -0.384. The number of benzene rings is 1. The molecular formula is C19H18N2O4S. The third kappa shape index (κ3) is 5.46. The van der Waals surface area contributed by atoms with E-state index in [-0.39, 0.29) is 18.5 Å². The Morgan fingerprint density at radius 1 is 1.31 bits per heavy atom. The number of aryl methyl sites for hydroxylation is 1. The van der Waals surface area contributed by atoms with Gasteiger partial charge in [-0.2, -0.15) is 5.26 Å². The van der Waals surface area contributed by atoms with Gasteiger partial charge in [0.1, 0.15) is 16.7 Å². The summed E-state index contributed by atoms with van der Waals surface area (Å²) in [7, 11) is 0. The molecule has 1 N–H and O–H groups in total. The van der Waals surface area contributed by atoms with Crippen molar-refractivity contribution in [1.29, 1.82) is 5.26 Å². The normalized spacial score (nSPS) is 10.3. The van der Waals surface area contributed by atoms with Crippen molar-refractivity contribution in [3.05, 3.63) is 52.4 Å². The van der Waals surface area contributed by atoms with Crippen LogP contribution in [0.2, 0.25) is 0 Å². The van der Waals surface area contributed by atoms with E-state index < -0.39 is 0 Å². The molecule has 0 fully saturated rings. The molecule has 0 bridgehead atoms. The number of ether oxygens (including phenoxy) is 2. The molecule has 134 valence electrons. The van der Waals surface area contributed by atoms with E-state index in [9.17, 15) is 9.59 Å². The monoisotopic (exact) mass is 370 g/mol. The number of nitriles is 1. The molecule has 0 aliphatic heterocycles. The molecule has 2 rings (SSSR count). The van der Waals surface area contributed by atoms with Crippen LogP contribution in [-0.2, 0) is 9.53 Å². The molecule has 1 aromatic carbocycles. The van der Waals surface area contributed by atoms with E-state index in [1.165, 1.54) is 17.4 Å². The molecule has 0 unspecified atom stereocenters. The maximum Gasteiger partial charge on any atom is 0.348 e. The molecular weight excluding hydrogens is 352 g/mol. The number of carbonyl (C=O) groups is 2. The van der Waals surface area contributed by atoms with Gasteiger partial charge in [-0.1, -0.05) is 12.1 Å². The van der Waals surface area contributed by atoms with Crippen LogP contribution in [-0.4, -0.2) is 25.1 Å². The van der Waals surface area contributed by atoms with E-state index in [0.29, 0.717) is 22.2 Å². The van der Waals surface area contributed by atoms with Crippen LogP contribution in [0, 0.1) is 18.3 Å². The molecule has 26 heavy (non-hydrogen) atoms. The second-order valence-corrected chi connectivity index (χ2v) is 6.23.